The summed E-state index contributed by atoms with van der Waals surface area (Å²) in [6.45, 7) is 57.2. The van der Waals surface area contributed by atoms with E-state index >= 15 is 0 Å². The van der Waals surface area contributed by atoms with E-state index in [2.05, 4.69) is 160 Å². The van der Waals surface area contributed by atoms with Gasteiger partial charge in [0, 0.05) is 101 Å². The van der Waals surface area contributed by atoms with Crippen molar-refractivity contribution in [2.24, 2.45) is 0 Å². The first-order chi connectivity index (χ1) is 38.6. The fraction of sp³-hybridized carbons (Fsp3) is 1.00. The van der Waals surface area contributed by atoms with Gasteiger partial charge in [0.25, 0.3) is 0 Å². The van der Waals surface area contributed by atoms with Crippen LogP contribution in [0.1, 0.15) is 55.4 Å². The lowest BCUT2D eigenvalue weighted by atomic mass is 10.9. The first-order valence-corrected chi connectivity index (χ1v) is 72.5. The maximum Gasteiger partial charge on any atom is 0.478 e. The molecule has 6 rings (SSSR count). The lowest BCUT2D eigenvalue weighted by Gasteiger charge is -2.64. The van der Waals surface area contributed by atoms with Crippen molar-refractivity contribution in [1.29, 1.82) is 0 Å². The minimum atomic E-state index is -4.37. The second kappa shape index (κ2) is 30.2. The van der Waals surface area contributed by atoms with Crippen LogP contribution < -0.4 is 0 Å². The van der Waals surface area contributed by atoms with E-state index < -0.39 is 137 Å². The van der Waals surface area contributed by atoms with Gasteiger partial charge in [0.1, 0.15) is 0 Å². The summed E-state index contributed by atoms with van der Waals surface area (Å²) in [7, 11) is -54.6. The molecule has 6 heterocycles. The molecule has 496 valence electrons. The molecule has 0 aromatic carbocycles. The largest absolute Gasteiger partial charge is 0.478 e. The van der Waals surface area contributed by atoms with E-state index in [1.165, 1.54) is 0 Å². The summed E-state index contributed by atoms with van der Waals surface area (Å²) in [5.74, 6) is 0. The normalized spacial score (nSPS) is 31.7. The summed E-state index contributed by atoms with van der Waals surface area (Å²) < 4.78 is 155. The molecule has 20 nitrogen and oxygen atoms in total. The smallest absolute Gasteiger partial charge is 0.418 e. The van der Waals surface area contributed by atoms with E-state index in [-0.39, 0.29) is 0 Å². The number of rotatable bonds is 40. The van der Waals surface area contributed by atoms with Gasteiger partial charge in [0.2, 0.25) is 0 Å². The zero-order valence-electron chi connectivity index (χ0n) is 57.1. The van der Waals surface area contributed by atoms with Crippen molar-refractivity contribution in [1.82, 2.24) is 0 Å². The third-order valence-electron chi connectivity index (χ3n) is 16.3. The zero-order chi connectivity index (χ0) is 63.1. The van der Waals surface area contributed by atoms with E-state index in [0.29, 0.717) is 150 Å². The van der Waals surface area contributed by atoms with Gasteiger partial charge >= 0.3 is 70.4 Å². The summed E-state index contributed by atoms with van der Waals surface area (Å²) in [5, 5.41) is 0. The summed E-state index contributed by atoms with van der Waals surface area (Å²) >= 11 is 0. The number of hydrogen-bond donors (Lipinski definition) is 0. The Hall–Kier alpha value is 2.67. The zero-order valence-corrected chi connectivity index (χ0v) is 73.1. The molecule has 0 amide bonds. The molecule has 0 aromatic rings. The van der Waals surface area contributed by atoms with Crippen LogP contribution in [0.25, 0.3) is 0 Å². The Balaban J connectivity index is 2.09. The molecule has 6 fully saturated rings. The van der Waals surface area contributed by atoms with Gasteiger partial charge in [0.15, 0.2) is 66.5 Å². The van der Waals surface area contributed by atoms with Crippen LogP contribution in [0.3, 0.4) is 0 Å². The van der Waals surface area contributed by atoms with Crippen LogP contribution in [0.4, 0.5) is 0 Å². The van der Waals surface area contributed by atoms with Gasteiger partial charge < -0.3 is 84.8 Å². The van der Waals surface area contributed by atoms with Gasteiger partial charge in [-0.15, -0.1) is 0 Å². The van der Waals surface area contributed by atoms with Crippen LogP contribution >= 0.6 is 0 Å². The molecule has 0 atom stereocenters. The molecule has 8 bridgehead atoms. The van der Waals surface area contributed by atoms with E-state index in [9.17, 15) is 0 Å². The summed E-state index contributed by atoms with van der Waals surface area (Å²) in [4.78, 5) is 0. The van der Waals surface area contributed by atoms with Crippen LogP contribution in [0, 0.1) is 0 Å². The molecule has 6 aliphatic rings. The van der Waals surface area contributed by atoms with E-state index in [4.69, 9.17) is 84.8 Å². The average molecular weight is 1470 g/mol. The van der Waals surface area contributed by atoms with Crippen LogP contribution in [0.2, 0.25) is 201 Å². The molecule has 84 heavy (non-hydrogen) atoms. The van der Waals surface area contributed by atoms with Crippen LogP contribution in [-0.2, 0) is 84.8 Å². The van der Waals surface area contributed by atoms with E-state index in [1.807, 2.05) is 0 Å². The minimum Gasteiger partial charge on any atom is -0.418 e. The molecule has 0 spiro atoms. The van der Waals surface area contributed by atoms with Crippen molar-refractivity contribution in [3.63, 3.8) is 0 Å². The van der Waals surface area contributed by atoms with Gasteiger partial charge in [0.05, 0.1) is 0 Å². The highest BCUT2D eigenvalue weighted by Crippen LogP contribution is 2.56. The molecular weight excluding hydrogens is 1350 g/mol. The van der Waals surface area contributed by atoms with Crippen molar-refractivity contribution in [3.05, 3.63) is 0 Å². The Kier molecular flexibility index (Phi) is 27.8. The van der Waals surface area contributed by atoms with Crippen molar-refractivity contribution < 1.29 is 84.8 Å². The fourth-order valence-corrected chi connectivity index (χ4v) is 93.9. The number of hydrogen-bond acceptors (Lipinski definition) is 20. The summed E-state index contributed by atoms with van der Waals surface area (Å²) in [6, 6.07) is 7.92. The summed E-state index contributed by atoms with van der Waals surface area (Å²) in [5.41, 5.74) is 0. The Labute approximate surface area is 527 Å². The third-order valence-corrected chi connectivity index (χ3v) is 77.2. The van der Waals surface area contributed by atoms with Gasteiger partial charge in [-0.3, -0.25) is 0 Å². The predicted octanol–water partition coefficient (Wildman–Crippen LogP) is 13.7. The second-order valence-electron chi connectivity index (χ2n) is 28.2. The summed E-state index contributed by atoms with van der Waals surface area (Å²) in [6.07, 6.45) is 0. The lowest BCUT2D eigenvalue weighted by molar-refractivity contribution is -0.0292. The molecule has 0 N–H and O–H groups in total. The SMILES string of the molecule is CCO[Si](C)(C)CC[Si]12O[Si]3(CC[Si](C)(C)OCC)O[Si]4(CC[Si](C)(C)OCC)O[Si](CC[Si](C)(C)OCC)(O1)O[Si]1(CC[Si](C)(C)OCC)O[Si](CC[Si](C)(C)OCC)(O2)O[Si](CC[Si](C)(C)OCC)(O3)O[Si](CC[Si](C)(C)OCC)(O4)O1. The van der Waals surface area contributed by atoms with Crippen molar-refractivity contribution in [2.45, 2.75) is 257 Å². The van der Waals surface area contributed by atoms with Crippen molar-refractivity contribution in [3.8, 4) is 0 Å². The molecule has 0 radical (unpaired) electrons. The highest BCUT2D eigenvalue weighted by atomic mass is 28.6. The quantitative estimate of drug-likeness (QED) is 0.0527. The monoisotopic (exact) mass is 1460 g/mol. The van der Waals surface area contributed by atoms with Crippen LogP contribution in [0.5, 0.6) is 0 Å². The molecule has 6 aliphatic heterocycles. The maximum absolute atomic E-state index is 8.42. The minimum absolute atomic E-state index is 0.358. The highest BCUT2D eigenvalue weighted by Gasteiger charge is 2.83. The average Bonchev–Trinajstić information content (AvgIpc) is 3.32. The Morgan fingerprint density at radius 1 is 0.179 bits per heavy atom. The highest BCUT2D eigenvalue weighted by molar-refractivity contribution is 7.04. The Bertz CT molecular complexity index is 1580. The van der Waals surface area contributed by atoms with Gasteiger partial charge in [-0.25, -0.2) is 0 Å². The van der Waals surface area contributed by atoms with Gasteiger partial charge in [-0.2, -0.15) is 0 Å². The molecule has 0 aliphatic carbocycles. The van der Waals surface area contributed by atoms with Crippen molar-refractivity contribution >= 4 is 137 Å². The molecule has 6 saturated heterocycles. The third kappa shape index (κ3) is 22.4. The molecule has 36 heteroatoms. The second-order valence-corrected chi connectivity index (χ2v) is 87.4. The fourth-order valence-electron chi connectivity index (χ4n) is 11.9. The molecule has 0 saturated carbocycles. The maximum atomic E-state index is 8.42. The van der Waals surface area contributed by atoms with E-state index in [0.717, 1.165) is 0 Å². The van der Waals surface area contributed by atoms with Crippen LogP contribution in [-0.4, -0.2) is 190 Å². The van der Waals surface area contributed by atoms with E-state index in [1.54, 1.807) is 0 Å². The molecular formula is C48H120O20Si16. The topological polar surface area (TPSA) is 185 Å². The molecule has 0 aromatic heterocycles. The first-order valence-electron chi connectivity index (χ1n) is 32.2. The standard InChI is InChI=1S/C48H120O20Si16/c1-25-49-69(9,10)33-41-77-57-78(42-34-70(11,12)50-26-2)60-81(45-37-73(17,18)53-29-5)62-79(58-77,43-35-71(13,14)51-27-3)64-83(47-39-75(21,22)55-31-7)65-80(59-77,44-36-72(15,16)52-28-4)63-82(61-78,46-38-74(19,20)54-30-6)67-84(66-81,68-83)48-40-76(23,24)56-32-8/h25-48H2,1-24H3. The predicted molar refractivity (Wildman–Crippen MR) is 369 cm³/mol. The lowest BCUT2D eigenvalue weighted by Crippen LogP contribution is -2.88. The van der Waals surface area contributed by atoms with Gasteiger partial charge in [-0.1, -0.05) is 0 Å². The molecule has 0 unspecified atom stereocenters. The van der Waals surface area contributed by atoms with Crippen molar-refractivity contribution in [2.75, 3.05) is 52.9 Å². The van der Waals surface area contributed by atoms with Crippen LogP contribution in [0.15, 0.2) is 0 Å². The van der Waals surface area contributed by atoms with Gasteiger partial charge in [-0.05, 0) is 208 Å². The first kappa shape index (κ1) is 77.4. The Morgan fingerprint density at radius 2 is 0.262 bits per heavy atom. The Morgan fingerprint density at radius 3 is 0.333 bits per heavy atom.